The summed E-state index contributed by atoms with van der Waals surface area (Å²) >= 11 is 0. The van der Waals surface area contributed by atoms with E-state index in [4.69, 9.17) is 4.74 Å². The fourth-order valence-corrected chi connectivity index (χ4v) is 3.84. The first-order chi connectivity index (χ1) is 10.6. The highest BCUT2D eigenvalue weighted by molar-refractivity contribution is 7.89. The van der Waals surface area contributed by atoms with Gasteiger partial charge in [-0.25, -0.2) is 13.4 Å². The molecule has 0 aliphatic heterocycles. The molecule has 116 valence electrons. The summed E-state index contributed by atoms with van der Waals surface area (Å²) in [6, 6.07) is 6.82. The molecule has 1 aliphatic rings. The summed E-state index contributed by atoms with van der Waals surface area (Å²) < 4.78 is 32.2. The predicted octanol–water partition coefficient (Wildman–Crippen LogP) is 1.84. The van der Waals surface area contributed by atoms with Gasteiger partial charge in [0.05, 0.1) is 13.3 Å². The van der Waals surface area contributed by atoms with Crippen molar-refractivity contribution in [3.05, 3.63) is 48.4 Å². The van der Waals surface area contributed by atoms with Gasteiger partial charge in [0.2, 0.25) is 15.9 Å². The molecule has 0 amide bonds. The van der Waals surface area contributed by atoms with Crippen molar-refractivity contribution in [1.29, 1.82) is 0 Å². The zero-order valence-corrected chi connectivity index (χ0v) is 13.0. The molecule has 0 N–H and O–H groups in total. The van der Waals surface area contributed by atoms with Crippen molar-refractivity contribution in [3.8, 4) is 5.88 Å². The highest BCUT2D eigenvalue weighted by Gasteiger charge is 2.38. The number of nitrogens with zero attached hydrogens (tertiary/aromatic N) is 3. The minimum absolute atomic E-state index is 0.0697. The van der Waals surface area contributed by atoms with Gasteiger partial charge in [0.25, 0.3) is 0 Å². The Hall–Kier alpha value is -1.99. The largest absolute Gasteiger partial charge is 0.481 e. The van der Waals surface area contributed by atoms with Crippen LogP contribution in [0.4, 0.5) is 0 Å². The van der Waals surface area contributed by atoms with Gasteiger partial charge in [-0.2, -0.15) is 4.31 Å². The van der Waals surface area contributed by atoms with E-state index >= 15 is 0 Å². The lowest BCUT2D eigenvalue weighted by molar-refractivity contribution is 0.392. The Kier molecular flexibility index (Phi) is 4.08. The number of pyridine rings is 2. The standard InChI is InChI=1S/C15H17N3O3S/c1-21-15-5-4-14(10-17-15)22(19,20)18(13-2-3-13)11-12-6-8-16-9-7-12/h4-10,13H,2-3,11H2,1H3. The number of hydrogen-bond acceptors (Lipinski definition) is 5. The van der Waals surface area contributed by atoms with Crippen LogP contribution in [0.1, 0.15) is 18.4 Å². The molecular formula is C15H17N3O3S. The molecule has 0 spiro atoms. The summed E-state index contributed by atoms with van der Waals surface area (Å²) in [6.07, 6.45) is 6.47. The monoisotopic (exact) mass is 319 g/mol. The molecule has 22 heavy (non-hydrogen) atoms. The van der Waals surface area contributed by atoms with Crippen molar-refractivity contribution in [3.63, 3.8) is 0 Å². The molecule has 2 aromatic heterocycles. The Balaban J connectivity index is 1.89. The van der Waals surface area contributed by atoms with Crippen molar-refractivity contribution in [2.75, 3.05) is 7.11 Å². The molecule has 0 unspecified atom stereocenters. The van der Waals surface area contributed by atoms with E-state index in [0.717, 1.165) is 18.4 Å². The van der Waals surface area contributed by atoms with Crippen LogP contribution >= 0.6 is 0 Å². The maximum atomic E-state index is 12.8. The summed E-state index contributed by atoms with van der Waals surface area (Å²) in [5, 5.41) is 0. The van der Waals surface area contributed by atoms with Crippen LogP contribution < -0.4 is 4.74 Å². The van der Waals surface area contributed by atoms with Crippen LogP contribution in [-0.2, 0) is 16.6 Å². The zero-order chi connectivity index (χ0) is 15.6. The van der Waals surface area contributed by atoms with Crippen molar-refractivity contribution < 1.29 is 13.2 Å². The first-order valence-corrected chi connectivity index (χ1v) is 8.46. The minimum Gasteiger partial charge on any atom is -0.481 e. The number of rotatable bonds is 6. The highest BCUT2D eigenvalue weighted by Crippen LogP contribution is 2.33. The van der Waals surface area contributed by atoms with Gasteiger partial charge in [0.15, 0.2) is 0 Å². The lowest BCUT2D eigenvalue weighted by Crippen LogP contribution is -2.32. The highest BCUT2D eigenvalue weighted by atomic mass is 32.2. The Morgan fingerprint density at radius 1 is 1.23 bits per heavy atom. The third-order valence-electron chi connectivity index (χ3n) is 3.57. The van der Waals surface area contributed by atoms with E-state index in [1.165, 1.54) is 19.4 Å². The maximum absolute atomic E-state index is 12.8. The molecular weight excluding hydrogens is 302 g/mol. The van der Waals surface area contributed by atoms with Crippen LogP contribution in [0.2, 0.25) is 0 Å². The number of ether oxygens (including phenoxy) is 1. The molecule has 1 saturated carbocycles. The zero-order valence-electron chi connectivity index (χ0n) is 12.2. The average molecular weight is 319 g/mol. The van der Waals surface area contributed by atoms with E-state index in [9.17, 15) is 8.42 Å². The SMILES string of the molecule is COc1ccc(S(=O)(=O)N(Cc2ccncc2)C2CC2)cn1. The third kappa shape index (κ3) is 3.10. The molecule has 0 bridgehead atoms. The van der Waals surface area contributed by atoms with Crippen molar-refractivity contribution in [2.45, 2.75) is 30.3 Å². The Morgan fingerprint density at radius 3 is 2.50 bits per heavy atom. The van der Waals surface area contributed by atoms with Gasteiger partial charge in [0.1, 0.15) is 4.90 Å². The minimum atomic E-state index is -3.57. The van der Waals surface area contributed by atoms with Crippen molar-refractivity contribution >= 4 is 10.0 Å². The van der Waals surface area contributed by atoms with E-state index < -0.39 is 10.0 Å². The molecule has 3 rings (SSSR count). The summed E-state index contributed by atoms with van der Waals surface area (Å²) in [5.74, 6) is 0.394. The molecule has 0 saturated heterocycles. The number of sulfonamides is 1. The van der Waals surface area contributed by atoms with Crippen molar-refractivity contribution in [2.24, 2.45) is 0 Å². The van der Waals surface area contributed by atoms with Gasteiger partial charge in [-0.1, -0.05) is 0 Å². The van der Waals surface area contributed by atoms with Gasteiger partial charge in [-0.3, -0.25) is 4.98 Å². The summed E-state index contributed by atoms with van der Waals surface area (Å²) in [7, 11) is -2.07. The van der Waals surface area contributed by atoms with Crippen LogP contribution in [0.15, 0.2) is 47.8 Å². The molecule has 0 aromatic carbocycles. The number of methoxy groups -OCH3 is 1. The topological polar surface area (TPSA) is 72.4 Å². The summed E-state index contributed by atoms with van der Waals surface area (Å²) in [6.45, 7) is 0.349. The lowest BCUT2D eigenvalue weighted by atomic mass is 10.3. The Labute approximate surface area is 129 Å². The van der Waals surface area contributed by atoms with E-state index in [0.29, 0.717) is 12.4 Å². The van der Waals surface area contributed by atoms with E-state index in [-0.39, 0.29) is 10.9 Å². The second-order valence-electron chi connectivity index (χ2n) is 5.17. The fraction of sp³-hybridized carbons (Fsp3) is 0.333. The van der Waals surface area contributed by atoms with E-state index in [2.05, 4.69) is 9.97 Å². The number of aromatic nitrogens is 2. The molecule has 6 nitrogen and oxygen atoms in total. The first-order valence-electron chi connectivity index (χ1n) is 7.02. The van der Waals surface area contributed by atoms with Crippen LogP contribution in [0.5, 0.6) is 5.88 Å². The number of hydrogen-bond donors (Lipinski definition) is 0. The van der Waals surface area contributed by atoms with Crippen LogP contribution in [0, 0.1) is 0 Å². The lowest BCUT2D eigenvalue weighted by Gasteiger charge is -2.21. The second-order valence-corrected chi connectivity index (χ2v) is 7.06. The van der Waals surface area contributed by atoms with Gasteiger partial charge >= 0.3 is 0 Å². The first kappa shape index (κ1) is 14.9. The quantitative estimate of drug-likeness (QED) is 0.812. The molecule has 0 atom stereocenters. The molecule has 1 fully saturated rings. The van der Waals surface area contributed by atoms with E-state index in [1.807, 2.05) is 12.1 Å². The van der Waals surface area contributed by atoms with Gasteiger partial charge in [-0.05, 0) is 36.6 Å². The van der Waals surface area contributed by atoms with Gasteiger partial charge < -0.3 is 4.74 Å². The Bertz CT molecular complexity index is 728. The van der Waals surface area contributed by atoms with Crippen LogP contribution in [-0.4, -0.2) is 35.8 Å². The predicted molar refractivity (Wildman–Crippen MR) is 80.8 cm³/mol. The molecule has 2 aromatic rings. The maximum Gasteiger partial charge on any atom is 0.245 e. The smallest absolute Gasteiger partial charge is 0.245 e. The molecule has 1 aliphatic carbocycles. The Morgan fingerprint density at radius 2 is 1.95 bits per heavy atom. The van der Waals surface area contributed by atoms with Crippen molar-refractivity contribution in [1.82, 2.24) is 14.3 Å². The van der Waals surface area contributed by atoms with Gasteiger partial charge in [-0.15, -0.1) is 0 Å². The average Bonchev–Trinajstić information content (AvgIpc) is 3.38. The molecule has 2 heterocycles. The van der Waals surface area contributed by atoms with E-state index in [1.54, 1.807) is 22.8 Å². The summed E-state index contributed by atoms with van der Waals surface area (Å²) in [5.41, 5.74) is 0.923. The second kappa shape index (κ2) is 6.02. The normalized spacial score (nSPS) is 15.0. The molecule has 0 radical (unpaired) electrons. The third-order valence-corrected chi connectivity index (χ3v) is 5.45. The fourth-order valence-electron chi connectivity index (χ4n) is 2.22. The van der Waals surface area contributed by atoms with Crippen LogP contribution in [0.25, 0.3) is 0 Å². The van der Waals surface area contributed by atoms with Crippen LogP contribution in [0.3, 0.4) is 0 Å². The molecule has 7 heteroatoms. The summed E-state index contributed by atoms with van der Waals surface area (Å²) in [4.78, 5) is 8.14. The van der Waals surface area contributed by atoms with Gasteiger partial charge in [0, 0.05) is 31.0 Å².